The van der Waals surface area contributed by atoms with E-state index in [1.54, 1.807) is 0 Å². The fourth-order valence-electron chi connectivity index (χ4n) is 3.63. The number of carbonyl (C=O) groups is 1. The summed E-state index contributed by atoms with van der Waals surface area (Å²) >= 11 is 6.09. The standard InChI is InChI=1S/C23H28ClN3O/c1-4-16-6-5-7-19-21(15-26-23(16)19)20(17-8-10-18(24)11-9-17)14-22(28)25-12-13-27(2)3/h5-11,15,20,26H,4,12-14H2,1-3H3,(H,25,28)/p+1/t20-/m1/s1. The molecule has 148 valence electrons. The van der Waals surface area contributed by atoms with E-state index in [-0.39, 0.29) is 11.8 Å². The van der Waals surface area contributed by atoms with Crippen LogP contribution in [-0.4, -0.2) is 38.1 Å². The summed E-state index contributed by atoms with van der Waals surface area (Å²) in [4.78, 5) is 17.4. The molecule has 1 amide bonds. The molecule has 4 nitrogen and oxygen atoms in total. The van der Waals surface area contributed by atoms with Crippen molar-refractivity contribution in [3.05, 3.63) is 70.4 Å². The van der Waals surface area contributed by atoms with Gasteiger partial charge in [-0.2, -0.15) is 0 Å². The molecular formula is C23H29ClN3O+. The third-order valence-corrected chi connectivity index (χ3v) is 5.45. The van der Waals surface area contributed by atoms with Crippen LogP contribution in [0.15, 0.2) is 48.7 Å². The molecule has 28 heavy (non-hydrogen) atoms. The molecule has 3 aromatic rings. The fourth-order valence-corrected chi connectivity index (χ4v) is 3.76. The van der Waals surface area contributed by atoms with Gasteiger partial charge in [-0.1, -0.05) is 48.9 Å². The summed E-state index contributed by atoms with van der Waals surface area (Å²) in [6, 6.07) is 14.2. The highest BCUT2D eigenvalue weighted by molar-refractivity contribution is 6.30. The maximum Gasteiger partial charge on any atom is 0.221 e. The van der Waals surface area contributed by atoms with E-state index in [0.717, 1.165) is 29.6 Å². The molecular weight excluding hydrogens is 370 g/mol. The summed E-state index contributed by atoms with van der Waals surface area (Å²) in [5.74, 6) is 0.0482. The lowest BCUT2D eigenvalue weighted by Gasteiger charge is -2.18. The first-order valence-corrected chi connectivity index (χ1v) is 10.3. The molecule has 1 heterocycles. The minimum absolute atomic E-state index is 0.0233. The van der Waals surface area contributed by atoms with Gasteiger partial charge in [0.1, 0.15) is 0 Å². The second-order valence-electron chi connectivity index (χ2n) is 7.55. The summed E-state index contributed by atoms with van der Waals surface area (Å²) in [5.41, 5.74) is 4.70. The van der Waals surface area contributed by atoms with Gasteiger partial charge in [0.25, 0.3) is 0 Å². The molecule has 0 aliphatic carbocycles. The van der Waals surface area contributed by atoms with Gasteiger partial charge < -0.3 is 15.2 Å². The average molecular weight is 399 g/mol. The van der Waals surface area contributed by atoms with Gasteiger partial charge in [-0.3, -0.25) is 4.79 Å². The van der Waals surface area contributed by atoms with Gasteiger partial charge >= 0.3 is 0 Å². The Bertz CT molecular complexity index is 931. The van der Waals surface area contributed by atoms with Crippen molar-refractivity contribution in [3.63, 3.8) is 0 Å². The number of aromatic amines is 1. The van der Waals surface area contributed by atoms with Gasteiger partial charge in [0.15, 0.2) is 0 Å². The number of quaternary nitrogens is 1. The highest BCUT2D eigenvalue weighted by Gasteiger charge is 2.22. The summed E-state index contributed by atoms with van der Waals surface area (Å²) < 4.78 is 0. The topological polar surface area (TPSA) is 49.3 Å². The SMILES string of the molecule is CCc1cccc2c([C@H](CC(=O)NCC[NH+](C)C)c3ccc(Cl)cc3)c[nH]c12. The Kier molecular flexibility index (Phi) is 6.76. The van der Waals surface area contributed by atoms with Crippen LogP contribution < -0.4 is 10.2 Å². The van der Waals surface area contributed by atoms with Crippen LogP contribution in [0.1, 0.15) is 36.0 Å². The summed E-state index contributed by atoms with van der Waals surface area (Å²) in [6.07, 6.45) is 3.43. The van der Waals surface area contributed by atoms with E-state index in [2.05, 4.69) is 55.7 Å². The number of para-hydroxylation sites is 1. The van der Waals surface area contributed by atoms with E-state index in [1.165, 1.54) is 15.8 Å². The van der Waals surface area contributed by atoms with Gasteiger partial charge in [0, 0.05) is 34.5 Å². The molecule has 2 aromatic carbocycles. The molecule has 0 saturated carbocycles. The van der Waals surface area contributed by atoms with Crippen molar-refractivity contribution in [2.45, 2.75) is 25.7 Å². The highest BCUT2D eigenvalue weighted by atomic mass is 35.5. The Morgan fingerprint density at radius 3 is 2.61 bits per heavy atom. The fraction of sp³-hybridized carbons (Fsp3) is 0.348. The smallest absolute Gasteiger partial charge is 0.221 e. The maximum atomic E-state index is 12.7. The highest BCUT2D eigenvalue weighted by Crippen LogP contribution is 2.35. The predicted octanol–water partition coefficient (Wildman–Crippen LogP) is 3.17. The Morgan fingerprint density at radius 1 is 1.18 bits per heavy atom. The van der Waals surface area contributed by atoms with Crippen LogP contribution in [-0.2, 0) is 11.2 Å². The number of hydrogen-bond acceptors (Lipinski definition) is 1. The largest absolute Gasteiger partial charge is 0.361 e. The molecule has 3 rings (SSSR count). The van der Waals surface area contributed by atoms with E-state index in [4.69, 9.17) is 11.6 Å². The number of hydrogen-bond donors (Lipinski definition) is 3. The van der Waals surface area contributed by atoms with Crippen molar-refractivity contribution in [1.82, 2.24) is 10.3 Å². The van der Waals surface area contributed by atoms with Gasteiger partial charge in [0.2, 0.25) is 5.91 Å². The molecule has 0 aliphatic heterocycles. The van der Waals surface area contributed by atoms with E-state index >= 15 is 0 Å². The second kappa shape index (κ2) is 9.26. The zero-order valence-electron chi connectivity index (χ0n) is 16.8. The number of carbonyl (C=O) groups excluding carboxylic acids is 1. The van der Waals surface area contributed by atoms with Crippen molar-refractivity contribution >= 4 is 28.4 Å². The first-order chi connectivity index (χ1) is 13.5. The normalized spacial score (nSPS) is 12.5. The van der Waals surface area contributed by atoms with E-state index in [0.29, 0.717) is 18.0 Å². The van der Waals surface area contributed by atoms with Crippen LogP contribution in [0.5, 0.6) is 0 Å². The van der Waals surface area contributed by atoms with Crippen molar-refractivity contribution in [2.24, 2.45) is 0 Å². The number of aryl methyl sites for hydroxylation is 1. The Labute approximate surface area is 171 Å². The quantitative estimate of drug-likeness (QED) is 0.536. The van der Waals surface area contributed by atoms with Crippen LogP contribution in [0.4, 0.5) is 0 Å². The summed E-state index contributed by atoms with van der Waals surface area (Å²) in [5, 5.41) is 4.95. The molecule has 0 bridgehead atoms. The Morgan fingerprint density at radius 2 is 1.93 bits per heavy atom. The molecule has 5 heteroatoms. The molecule has 0 unspecified atom stereocenters. The number of fused-ring (bicyclic) bond motifs is 1. The third-order valence-electron chi connectivity index (χ3n) is 5.20. The number of H-pyrrole nitrogens is 1. The molecule has 0 spiro atoms. The first kappa shape index (κ1) is 20.4. The summed E-state index contributed by atoms with van der Waals surface area (Å²) in [7, 11) is 4.17. The van der Waals surface area contributed by atoms with Crippen molar-refractivity contribution < 1.29 is 9.69 Å². The van der Waals surface area contributed by atoms with Gasteiger partial charge in [0.05, 0.1) is 27.2 Å². The zero-order chi connectivity index (χ0) is 20.1. The van der Waals surface area contributed by atoms with Crippen molar-refractivity contribution in [3.8, 4) is 0 Å². The number of amides is 1. The number of benzene rings is 2. The van der Waals surface area contributed by atoms with Crippen LogP contribution >= 0.6 is 11.6 Å². The number of likely N-dealkylation sites (N-methyl/N-ethyl adjacent to an activating group) is 1. The third kappa shape index (κ3) is 4.75. The van der Waals surface area contributed by atoms with Crippen LogP contribution in [0.3, 0.4) is 0 Å². The lowest BCUT2D eigenvalue weighted by Crippen LogP contribution is -3.06. The average Bonchev–Trinajstić information content (AvgIpc) is 3.10. The molecule has 0 saturated heterocycles. The maximum absolute atomic E-state index is 12.7. The molecule has 1 aromatic heterocycles. The van der Waals surface area contributed by atoms with Crippen LogP contribution in [0, 0.1) is 0 Å². The van der Waals surface area contributed by atoms with E-state index < -0.39 is 0 Å². The molecule has 0 aliphatic rings. The number of rotatable bonds is 8. The van der Waals surface area contributed by atoms with Gasteiger partial charge in [-0.15, -0.1) is 0 Å². The van der Waals surface area contributed by atoms with Gasteiger partial charge in [-0.05, 0) is 35.2 Å². The molecule has 0 radical (unpaired) electrons. The van der Waals surface area contributed by atoms with Crippen molar-refractivity contribution in [2.75, 3.05) is 27.2 Å². The zero-order valence-corrected chi connectivity index (χ0v) is 17.6. The minimum atomic E-state index is -0.0233. The monoisotopic (exact) mass is 398 g/mol. The minimum Gasteiger partial charge on any atom is -0.361 e. The Balaban J connectivity index is 1.93. The van der Waals surface area contributed by atoms with Crippen molar-refractivity contribution in [1.29, 1.82) is 0 Å². The second-order valence-corrected chi connectivity index (χ2v) is 7.99. The lowest BCUT2D eigenvalue weighted by molar-refractivity contribution is -0.856. The van der Waals surface area contributed by atoms with Crippen LogP contribution in [0.2, 0.25) is 5.02 Å². The van der Waals surface area contributed by atoms with Gasteiger partial charge in [-0.25, -0.2) is 0 Å². The Hall–Kier alpha value is -2.30. The number of nitrogens with one attached hydrogen (secondary N) is 3. The molecule has 3 N–H and O–H groups in total. The number of halogens is 1. The van der Waals surface area contributed by atoms with E-state index in [1.807, 2.05) is 24.3 Å². The predicted molar refractivity (Wildman–Crippen MR) is 116 cm³/mol. The molecule has 0 fully saturated rings. The first-order valence-electron chi connectivity index (χ1n) is 9.89. The lowest BCUT2D eigenvalue weighted by atomic mass is 9.87. The molecule has 1 atom stereocenters. The van der Waals surface area contributed by atoms with Crippen LogP contribution in [0.25, 0.3) is 10.9 Å². The number of aromatic nitrogens is 1. The van der Waals surface area contributed by atoms with E-state index in [9.17, 15) is 4.79 Å². The summed E-state index contributed by atoms with van der Waals surface area (Å²) in [6.45, 7) is 3.75.